The molecule has 3 aliphatic rings. The first-order chi connectivity index (χ1) is 17.6. The summed E-state index contributed by atoms with van der Waals surface area (Å²) in [7, 11) is 0. The van der Waals surface area contributed by atoms with E-state index < -0.39 is 0 Å². The molecule has 0 saturated carbocycles. The third-order valence-electron chi connectivity index (χ3n) is 7.25. The van der Waals surface area contributed by atoms with Crippen LogP contribution in [0.2, 0.25) is 0 Å². The SMILES string of the molecule is C=C(N=C1/C(=C(\C)N2CCOCC2)C=NN1C1CCN(Cc2ccccc2)CC1)c1ccccc1O. The van der Waals surface area contributed by atoms with Crippen LogP contribution in [0.25, 0.3) is 5.70 Å². The molecule has 3 heterocycles. The summed E-state index contributed by atoms with van der Waals surface area (Å²) in [5.41, 5.74) is 4.68. The van der Waals surface area contributed by atoms with Gasteiger partial charge in [0.2, 0.25) is 0 Å². The largest absolute Gasteiger partial charge is 0.507 e. The summed E-state index contributed by atoms with van der Waals surface area (Å²) in [6.45, 7) is 12.5. The molecule has 36 heavy (non-hydrogen) atoms. The first kappa shape index (κ1) is 24.3. The van der Waals surface area contributed by atoms with Crippen molar-refractivity contribution in [1.29, 1.82) is 0 Å². The number of piperidine rings is 1. The molecule has 7 heteroatoms. The summed E-state index contributed by atoms with van der Waals surface area (Å²) in [4.78, 5) is 9.84. The Morgan fingerprint density at radius 1 is 1.03 bits per heavy atom. The zero-order valence-electron chi connectivity index (χ0n) is 21.0. The van der Waals surface area contributed by atoms with Crippen LogP contribution in [0.15, 0.2) is 82.5 Å². The van der Waals surface area contributed by atoms with Crippen molar-refractivity contribution in [3.8, 4) is 5.75 Å². The zero-order valence-corrected chi connectivity index (χ0v) is 21.0. The maximum atomic E-state index is 10.4. The lowest BCUT2D eigenvalue weighted by Gasteiger charge is -2.36. The second-order valence-electron chi connectivity index (χ2n) is 9.58. The monoisotopic (exact) mass is 485 g/mol. The topological polar surface area (TPSA) is 63.9 Å². The third kappa shape index (κ3) is 5.37. The molecule has 2 aromatic rings. The van der Waals surface area contributed by atoms with Gasteiger partial charge in [0, 0.05) is 44.0 Å². The van der Waals surface area contributed by atoms with Gasteiger partial charge in [-0.3, -0.25) is 4.90 Å². The van der Waals surface area contributed by atoms with Gasteiger partial charge in [-0.2, -0.15) is 5.10 Å². The quantitative estimate of drug-likeness (QED) is 0.660. The smallest absolute Gasteiger partial charge is 0.160 e. The fraction of sp³-hybridized carbons (Fsp3) is 0.379. The Morgan fingerprint density at radius 2 is 1.72 bits per heavy atom. The van der Waals surface area contributed by atoms with Crippen molar-refractivity contribution in [3.05, 3.63) is 83.6 Å². The Labute approximate surface area is 213 Å². The van der Waals surface area contributed by atoms with Gasteiger partial charge >= 0.3 is 0 Å². The molecule has 0 unspecified atom stereocenters. The van der Waals surface area contributed by atoms with E-state index in [0.29, 0.717) is 11.3 Å². The van der Waals surface area contributed by atoms with Gasteiger partial charge in [0.05, 0.1) is 36.7 Å². The number of ether oxygens (including phenoxy) is 1. The Morgan fingerprint density at radius 3 is 2.44 bits per heavy atom. The van der Waals surface area contributed by atoms with E-state index in [1.54, 1.807) is 12.1 Å². The second kappa shape index (κ2) is 11.1. The lowest BCUT2D eigenvalue weighted by atomic mass is 10.0. The molecule has 0 bridgehead atoms. The van der Waals surface area contributed by atoms with Gasteiger partial charge in [-0.15, -0.1) is 0 Å². The number of para-hydroxylation sites is 1. The summed E-state index contributed by atoms with van der Waals surface area (Å²) >= 11 is 0. The number of phenols is 1. The molecular weight excluding hydrogens is 450 g/mol. The maximum absolute atomic E-state index is 10.4. The van der Waals surface area contributed by atoms with Crippen LogP contribution in [0, 0.1) is 0 Å². The van der Waals surface area contributed by atoms with Crippen molar-refractivity contribution in [1.82, 2.24) is 14.8 Å². The highest BCUT2D eigenvalue weighted by Crippen LogP contribution is 2.30. The molecule has 2 saturated heterocycles. The van der Waals surface area contributed by atoms with E-state index in [2.05, 4.69) is 58.6 Å². The van der Waals surface area contributed by atoms with E-state index in [1.165, 1.54) is 5.56 Å². The highest BCUT2D eigenvalue weighted by Gasteiger charge is 2.33. The molecule has 3 aliphatic heterocycles. The molecule has 188 valence electrons. The van der Waals surface area contributed by atoms with Crippen LogP contribution in [0.3, 0.4) is 0 Å². The Bertz CT molecular complexity index is 1160. The van der Waals surface area contributed by atoms with Crippen LogP contribution in [-0.2, 0) is 11.3 Å². The van der Waals surface area contributed by atoms with E-state index in [0.717, 1.165) is 75.9 Å². The molecule has 0 aliphatic carbocycles. The number of benzene rings is 2. The number of phenolic OH excluding ortho intramolecular Hbond substituents is 1. The Balaban J connectivity index is 1.38. The number of nitrogens with zero attached hydrogens (tertiary/aromatic N) is 5. The Hall–Kier alpha value is -3.42. The number of allylic oxidation sites excluding steroid dienone is 1. The molecule has 0 aromatic heterocycles. The van der Waals surface area contributed by atoms with Crippen molar-refractivity contribution < 1.29 is 9.84 Å². The molecule has 0 radical (unpaired) electrons. The van der Waals surface area contributed by atoms with E-state index >= 15 is 0 Å². The van der Waals surface area contributed by atoms with Gasteiger partial charge < -0.3 is 14.7 Å². The number of hydrogen-bond acceptors (Lipinski definition) is 6. The van der Waals surface area contributed by atoms with Gasteiger partial charge in [-0.25, -0.2) is 10.0 Å². The predicted octanol–water partition coefficient (Wildman–Crippen LogP) is 4.33. The molecule has 0 atom stereocenters. The standard InChI is InChI=1S/C29H35N5O2/c1-22(26-10-6-7-11-28(26)35)31-29-27(23(2)33-16-18-36-19-17-33)20-30-34(29)25-12-14-32(15-13-25)21-24-8-4-3-5-9-24/h3-11,20,25,35H,1,12-19,21H2,2H3/b27-23+,31-29?. The number of likely N-dealkylation sites (tertiary alicyclic amines) is 1. The minimum absolute atomic E-state index is 0.182. The summed E-state index contributed by atoms with van der Waals surface area (Å²) < 4.78 is 5.56. The number of amidine groups is 1. The number of hydrogen-bond donors (Lipinski definition) is 1. The zero-order chi connectivity index (χ0) is 24.9. The lowest BCUT2D eigenvalue weighted by molar-refractivity contribution is 0.0536. The predicted molar refractivity (Wildman–Crippen MR) is 145 cm³/mol. The van der Waals surface area contributed by atoms with Gasteiger partial charge in [0.1, 0.15) is 5.75 Å². The normalized spacial score (nSPS) is 21.9. The minimum atomic E-state index is 0.182. The highest BCUT2D eigenvalue weighted by atomic mass is 16.5. The van der Waals surface area contributed by atoms with Crippen LogP contribution in [-0.4, -0.2) is 77.4 Å². The minimum Gasteiger partial charge on any atom is -0.507 e. The van der Waals surface area contributed by atoms with Crippen LogP contribution in [0.1, 0.15) is 30.9 Å². The number of hydrazone groups is 1. The number of aromatic hydroxyl groups is 1. The van der Waals surface area contributed by atoms with Crippen molar-refractivity contribution in [2.45, 2.75) is 32.4 Å². The maximum Gasteiger partial charge on any atom is 0.160 e. The van der Waals surface area contributed by atoms with Crippen molar-refractivity contribution >= 4 is 17.7 Å². The molecule has 1 N–H and O–H groups in total. The van der Waals surface area contributed by atoms with Gasteiger partial charge in [0.15, 0.2) is 5.84 Å². The van der Waals surface area contributed by atoms with E-state index in [9.17, 15) is 5.11 Å². The second-order valence-corrected chi connectivity index (χ2v) is 9.58. The summed E-state index contributed by atoms with van der Waals surface area (Å²) in [6.07, 6.45) is 3.96. The van der Waals surface area contributed by atoms with E-state index in [1.807, 2.05) is 18.3 Å². The van der Waals surface area contributed by atoms with E-state index in [4.69, 9.17) is 14.8 Å². The van der Waals surface area contributed by atoms with Crippen LogP contribution < -0.4 is 0 Å². The third-order valence-corrected chi connectivity index (χ3v) is 7.25. The number of aliphatic imine (C=N–C) groups is 1. The van der Waals surface area contributed by atoms with Gasteiger partial charge in [-0.1, -0.05) is 49.0 Å². The highest BCUT2D eigenvalue weighted by molar-refractivity contribution is 6.19. The molecule has 7 nitrogen and oxygen atoms in total. The molecule has 5 rings (SSSR count). The fourth-order valence-corrected chi connectivity index (χ4v) is 5.13. The summed E-state index contributed by atoms with van der Waals surface area (Å²) in [6, 6.07) is 18.1. The number of morpholine rings is 1. The first-order valence-corrected chi connectivity index (χ1v) is 12.8. The Kier molecular flexibility index (Phi) is 7.49. The number of rotatable bonds is 6. The molecule has 0 amide bonds. The van der Waals surface area contributed by atoms with Crippen molar-refractivity contribution in [3.63, 3.8) is 0 Å². The molecule has 2 aromatic carbocycles. The van der Waals surface area contributed by atoms with Crippen molar-refractivity contribution in [2.75, 3.05) is 39.4 Å². The van der Waals surface area contributed by atoms with Crippen LogP contribution in [0.5, 0.6) is 5.75 Å². The molecule has 0 spiro atoms. The van der Waals surface area contributed by atoms with Crippen LogP contribution in [0.4, 0.5) is 0 Å². The summed E-state index contributed by atoms with van der Waals surface area (Å²) in [5.74, 6) is 0.996. The average Bonchev–Trinajstić information content (AvgIpc) is 3.33. The van der Waals surface area contributed by atoms with E-state index in [-0.39, 0.29) is 11.8 Å². The van der Waals surface area contributed by atoms with Gasteiger partial charge in [0.25, 0.3) is 0 Å². The lowest BCUT2D eigenvalue weighted by Crippen LogP contribution is -2.44. The molecular formula is C29H35N5O2. The van der Waals surface area contributed by atoms with Crippen LogP contribution >= 0.6 is 0 Å². The van der Waals surface area contributed by atoms with Gasteiger partial charge in [-0.05, 0) is 37.5 Å². The molecule has 2 fully saturated rings. The first-order valence-electron chi connectivity index (χ1n) is 12.8. The fourth-order valence-electron chi connectivity index (χ4n) is 5.13. The summed E-state index contributed by atoms with van der Waals surface area (Å²) in [5, 5.41) is 17.3. The average molecular weight is 486 g/mol. The van der Waals surface area contributed by atoms with Crippen molar-refractivity contribution in [2.24, 2.45) is 10.1 Å².